The van der Waals surface area contributed by atoms with Crippen LogP contribution in [-0.2, 0) is 9.47 Å². The van der Waals surface area contributed by atoms with Gasteiger partial charge in [-0.3, -0.25) is 9.80 Å². The molecule has 4 aliphatic rings. The highest BCUT2D eigenvalue weighted by Crippen LogP contribution is 2.55. The van der Waals surface area contributed by atoms with Gasteiger partial charge in [0.2, 0.25) is 0 Å². The van der Waals surface area contributed by atoms with Crippen molar-refractivity contribution in [2.75, 3.05) is 0 Å². The first-order valence-corrected chi connectivity index (χ1v) is 18.5. The minimum atomic E-state index is -0.546. The lowest BCUT2D eigenvalue weighted by Crippen LogP contribution is -2.38. The monoisotopic (exact) mass is 740 g/mol. The fourth-order valence-corrected chi connectivity index (χ4v) is 8.36. The van der Waals surface area contributed by atoms with E-state index in [4.69, 9.17) is 19.4 Å². The standard InChI is InChI=1S/C39H45BrN6O4/c1-20-31(42-34(41-20)29-18-25-16-27(25)45(29)36(47)49-38(2,3)4)23-12-8-21(9-13-23)22-10-14-24(15-11-22)32-33(40)44-35(43-32)30-19-26-17-28(26)46(30)37(48)50-39(5,6)7/h8-15,25-30H,16-19H2,1-7H3,(H,41,42)(H,43,44)/t25-,26-,27-,28-,29+,30+/m1/s1. The average Bonchev–Trinajstić information content (AvgIpc) is 3.73. The summed E-state index contributed by atoms with van der Waals surface area (Å²) in [7, 11) is 0. The molecule has 2 N–H and O–H groups in total. The van der Waals surface area contributed by atoms with E-state index < -0.39 is 11.2 Å². The van der Waals surface area contributed by atoms with Crippen LogP contribution >= 0.6 is 15.9 Å². The zero-order valence-electron chi connectivity index (χ0n) is 29.7. The molecule has 10 nitrogen and oxygen atoms in total. The van der Waals surface area contributed by atoms with E-state index in [9.17, 15) is 9.59 Å². The number of nitrogens with one attached hydrogen (secondary N) is 2. The minimum absolute atomic E-state index is 0.0999. The highest BCUT2D eigenvalue weighted by molar-refractivity contribution is 9.10. The van der Waals surface area contributed by atoms with E-state index >= 15 is 0 Å². The third-order valence-corrected chi connectivity index (χ3v) is 10.9. The first-order chi connectivity index (χ1) is 23.6. The summed E-state index contributed by atoms with van der Waals surface area (Å²) in [6.07, 6.45) is 3.35. The number of likely N-dealkylation sites (tertiary alicyclic amines) is 2. The molecule has 11 heteroatoms. The molecular weight excluding hydrogens is 696 g/mol. The second-order valence-electron chi connectivity index (χ2n) is 16.4. The first-order valence-electron chi connectivity index (χ1n) is 17.7. The van der Waals surface area contributed by atoms with Gasteiger partial charge in [0.1, 0.15) is 33.1 Å². The summed E-state index contributed by atoms with van der Waals surface area (Å²) in [6, 6.07) is 17.1. The Bertz CT molecular complexity index is 1810. The number of carbonyl (C=O) groups excluding carboxylic acids is 2. The van der Waals surface area contributed by atoms with Gasteiger partial charge in [-0.15, -0.1) is 0 Å². The third kappa shape index (κ3) is 6.22. The number of nitrogens with zero attached hydrogens (tertiary/aromatic N) is 4. The minimum Gasteiger partial charge on any atom is -0.444 e. The number of benzene rings is 2. The maximum Gasteiger partial charge on any atom is 0.411 e. The number of ether oxygens (including phenoxy) is 2. The van der Waals surface area contributed by atoms with Crippen molar-refractivity contribution >= 4 is 28.1 Å². The lowest BCUT2D eigenvalue weighted by atomic mass is 10.0. The summed E-state index contributed by atoms with van der Waals surface area (Å²) in [5, 5.41) is 0. The molecule has 6 atom stereocenters. The highest BCUT2D eigenvalue weighted by atomic mass is 79.9. The SMILES string of the molecule is Cc1[nH]c([C@@H]2C[C@H]3C[C@H]3N2C(=O)OC(C)(C)C)nc1-c1ccc(-c2ccc(-c3nc([C@@H]4C[C@H]5C[C@H]5N4C(=O)OC(C)(C)C)[nH]c3Br)cc2)cc1. The van der Waals surface area contributed by atoms with Crippen molar-refractivity contribution in [3.63, 3.8) is 0 Å². The van der Waals surface area contributed by atoms with Gasteiger partial charge in [-0.25, -0.2) is 19.6 Å². The summed E-state index contributed by atoms with van der Waals surface area (Å²) in [6.45, 7) is 13.5. The molecule has 2 saturated heterocycles. The third-order valence-electron chi connectivity index (χ3n) is 10.3. The molecule has 0 bridgehead atoms. The number of aromatic nitrogens is 4. The number of halogens is 1. The van der Waals surface area contributed by atoms with Crippen LogP contribution in [0, 0.1) is 18.8 Å². The Morgan fingerprint density at radius 2 is 1.06 bits per heavy atom. The van der Waals surface area contributed by atoms with Crippen molar-refractivity contribution in [3.05, 3.63) is 70.5 Å². The van der Waals surface area contributed by atoms with Crippen molar-refractivity contribution < 1.29 is 19.1 Å². The van der Waals surface area contributed by atoms with E-state index in [0.29, 0.717) is 11.8 Å². The number of carbonyl (C=O) groups is 2. The van der Waals surface area contributed by atoms with E-state index in [0.717, 1.165) is 81.3 Å². The van der Waals surface area contributed by atoms with Crippen LogP contribution in [0.4, 0.5) is 9.59 Å². The lowest BCUT2D eigenvalue weighted by molar-refractivity contribution is 0.0164. The predicted octanol–water partition coefficient (Wildman–Crippen LogP) is 9.35. The fraction of sp³-hybridized carbons (Fsp3) is 0.487. The summed E-state index contributed by atoms with van der Waals surface area (Å²) >= 11 is 3.70. The molecule has 0 radical (unpaired) electrons. The molecule has 2 aromatic carbocycles. The Labute approximate surface area is 301 Å². The number of fused-ring (bicyclic) bond motifs is 2. The maximum atomic E-state index is 13.1. The zero-order chi connectivity index (χ0) is 35.3. The van der Waals surface area contributed by atoms with Gasteiger partial charge in [0.05, 0.1) is 17.8 Å². The zero-order valence-corrected chi connectivity index (χ0v) is 31.3. The number of hydrogen-bond acceptors (Lipinski definition) is 6. The van der Waals surface area contributed by atoms with Crippen LogP contribution in [0.25, 0.3) is 33.6 Å². The van der Waals surface area contributed by atoms with E-state index in [1.807, 2.05) is 58.3 Å². The molecule has 4 aromatic rings. The molecule has 2 aliphatic heterocycles. The number of aryl methyl sites for hydroxylation is 1. The van der Waals surface area contributed by atoms with Crippen LogP contribution in [0.5, 0.6) is 0 Å². The molecule has 4 fully saturated rings. The molecular formula is C39H45BrN6O4. The molecule has 2 aliphatic carbocycles. The predicted molar refractivity (Wildman–Crippen MR) is 194 cm³/mol. The number of hydrogen-bond donors (Lipinski definition) is 2. The lowest BCUT2D eigenvalue weighted by Gasteiger charge is -2.29. The van der Waals surface area contributed by atoms with Gasteiger partial charge in [-0.1, -0.05) is 48.5 Å². The Balaban J connectivity index is 0.968. The second-order valence-corrected chi connectivity index (χ2v) is 17.2. The normalized spacial score (nSPS) is 25.4. The number of piperidine rings is 2. The van der Waals surface area contributed by atoms with Gasteiger partial charge >= 0.3 is 12.2 Å². The first kappa shape index (κ1) is 33.0. The van der Waals surface area contributed by atoms with Gasteiger partial charge in [0.25, 0.3) is 0 Å². The largest absolute Gasteiger partial charge is 0.444 e. The van der Waals surface area contributed by atoms with Gasteiger partial charge in [0.15, 0.2) is 0 Å². The molecule has 2 amide bonds. The molecule has 262 valence electrons. The van der Waals surface area contributed by atoms with E-state index in [-0.39, 0.29) is 36.4 Å². The topological polar surface area (TPSA) is 116 Å². The van der Waals surface area contributed by atoms with Gasteiger partial charge in [-0.2, -0.15) is 0 Å². The molecule has 4 heterocycles. The van der Waals surface area contributed by atoms with Crippen LogP contribution in [0.2, 0.25) is 0 Å². The van der Waals surface area contributed by atoms with Gasteiger partial charge < -0.3 is 19.4 Å². The smallest absolute Gasteiger partial charge is 0.411 e. The maximum absolute atomic E-state index is 13.1. The van der Waals surface area contributed by atoms with Crippen molar-refractivity contribution in [2.45, 2.75) is 110 Å². The second kappa shape index (κ2) is 11.7. The Kier molecular flexibility index (Phi) is 7.74. The molecule has 0 spiro atoms. The van der Waals surface area contributed by atoms with Gasteiger partial charge in [-0.05, 0) is 113 Å². The number of rotatable bonds is 5. The summed E-state index contributed by atoms with van der Waals surface area (Å²) in [5.74, 6) is 2.64. The van der Waals surface area contributed by atoms with Crippen molar-refractivity contribution in [1.29, 1.82) is 0 Å². The van der Waals surface area contributed by atoms with Crippen molar-refractivity contribution in [2.24, 2.45) is 11.8 Å². The van der Waals surface area contributed by atoms with Crippen LogP contribution in [0.3, 0.4) is 0 Å². The molecule has 50 heavy (non-hydrogen) atoms. The summed E-state index contributed by atoms with van der Waals surface area (Å²) in [4.78, 5) is 46.9. The van der Waals surface area contributed by atoms with Crippen LogP contribution in [-0.4, -0.2) is 65.2 Å². The van der Waals surface area contributed by atoms with Crippen LogP contribution < -0.4 is 0 Å². The number of aromatic amines is 2. The number of amides is 2. The quantitative estimate of drug-likeness (QED) is 0.211. The average molecular weight is 742 g/mol. The van der Waals surface area contributed by atoms with E-state index in [1.165, 1.54) is 0 Å². The van der Waals surface area contributed by atoms with E-state index in [1.54, 1.807) is 0 Å². The van der Waals surface area contributed by atoms with Crippen LogP contribution in [0.1, 0.15) is 96.7 Å². The molecule has 2 saturated carbocycles. The number of imidazole rings is 2. The number of H-pyrrole nitrogens is 2. The Morgan fingerprint density at radius 1 is 0.660 bits per heavy atom. The van der Waals surface area contributed by atoms with Crippen molar-refractivity contribution in [3.8, 4) is 33.6 Å². The van der Waals surface area contributed by atoms with Gasteiger partial charge in [0, 0.05) is 28.9 Å². The fourth-order valence-electron chi connectivity index (χ4n) is 7.84. The molecule has 8 rings (SSSR count). The van der Waals surface area contributed by atoms with Crippen molar-refractivity contribution in [1.82, 2.24) is 29.7 Å². The Hall–Kier alpha value is -4.12. The molecule has 2 aromatic heterocycles. The Morgan fingerprint density at radius 3 is 1.52 bits per heavy atom. The summed E-state index contributed by atoms with van der Waals surface area (Å²) in [5.41, 5.74) is 5.81. The summed E-state index contributed by atoms with van der Waals surface area (Å²) < 4.78 is 12.3. The highest BCUT2D eigenvalue weighted by Gasteiger charge is 2.57. The van der Waals surface area contributed by atoms with Crippen LogP contribution in [0.15, 0.2) is 53.1 Å². The van der Waals surface area contributed by atoms with E-state index in [2.05, 4.69) is 74.4 Å². The molecule has 0 unspecified atom stereocenters.